The molecule has 0 saturated heterocycles. The van der Waals surface area contributed by atoms with E-state index in [0.717, 1.165) is 5.56 Å². The third kappa shape index (κ3) is 7.58. The largest absolute Gasteiger partial charge is 0.493 e. The highest BCUT2D eigenvalue weighted by Crippen LogP contribution is 2.38. The molecule has 0 unspecified atom stereocenters. The van der Waals surface area contributed by atoms with Gasteiger partial charge in [-0.1, -0.05) is 18.2 Å². The molecule has 0 aliphatic carbocycles. The van der Waals surface area contributed by atoms with Crippen LogP contribution in [-0.4, -0.2) is 53.9 Å². The van der Waals surface area contributed by atoms with Crippen molar-refractivity contribution in [2.24, 2.45) is 0 Å². The molecular formula is C19H26O7. The van der Waals surface area contributed by atoms with Crippen molar-refractivity contribution >= 4 is 12.0 Å². The van der Waals surface area contributed by atoms with Gasteiger partial charge in [0.05, 0.1) is 34.0 Å². The van der Waals surface area contributed by atoms with Crippen molar-refractivity contribution < 1.29 is 33.2 Å². The molecule has 0 N–H and O–H groups in total. The minimum absolute atomic E-state index is 0.0492. The summed E-state index contributed by atoms with van der Waals surface area (Å²) >= 11 is 0. The zero-order valence-corrected chi connectivity index (χ0v) is 15.7. The molecule has 0 atom stereocenters. The Morgan fingerprint density at radius 2 is 1.73 bits per heavy atom. The topological polar surface area (TPSA) is 72.5 Å². The van der Waals surface area contributed by atoms with Crippen LogP contribution in [0.1, 0.15) is 12.5 Å². The van der Waals surface area contributed by atoms with Gasteiger partial charge in [-0.15, -0.1) is 0 Å². The molecule has 0 aromatic heterocycles. The van der Waals surface area contributed by atoms with Crippen LogP contribution < -0.4 is 14.2 Å². The molecule has 1 rings (SSSR count). The van der Waals surface area contributed by atoms with Gasteiger partial charge in [-0.3, -0.25) is 0 Å². The smallest absolute Gasteiger partial charge is 0.330 e. The Balaban J connectivity index is 2.82. The molecular weight excluding hydrogens is 340 g/mol. The second kappa shape index (κ2) is 12.8. The van der Waals surface area contributed by atoms with Gasteiger partial charge in [0.2, 0.25) is 5.75 Å². The van der Waals surface area contributed by atoms with Crippen LogP contribution in [0, 0.1) is 0 Å². The first-order chi connectivity index (χ1) is 12.7. The van der Waals surface area contributed by atoms with E-state index in [4.69, 9.17) is 28.4 Å². The van der Waals surface area contributed by atoms with E-state index < -0.39 is 0 Å². The molecule has 0 saturated carbocycles. The van der Waals surface area contributed by atoms with Crippen LogP contribution in [0.4, 0.5) is 0 Å². The average molecular weight is 366 g/mol. The van der Waals surface area contributed by atoms with E-state index in [1.54, 1.807) is 58.6 Å². The number of carbonyl (C=O) groups is 1. The van der Waals surface area contributed by atoms with E-state index >= 15 is 0 Å². The van der Waals surface area contributed by atoms with Crippen LogP contribution in [0.15, 0.2) is 30.4 Å². The highest BCUT2D eigenvalue weighted by atomic mass is 16.7. The van der Waals surface area contributed by atoms with Crippen molar-refractivity contribution in [3.63, 3.8) is 0 Å². The second-order valence-corrected chi connectivity index (χ2v) is 4.89. The number of carbonyl (C=O) groups excluding carboxylic acids is 1. The monoisotopic (exact) mass is 366 g/mol. The van der Waals surface area contributed by atoms with Crippen molar-refractivity contribution in [3.05, 3.63) is 35.9 Å². The molecule has 7 heteroatoms. The molecule has 0 bridgehead atoms. The molecule has 0 aliphatic rings. The fourth-order valence-corrected chi connectivity index (χ4v) is 1.93. The number of esters is 1. The van der Waals surface area contributed by atoms with Crippen molar-refractivity contribution in [1.29, 1.82) is 0 Å². The predicted molar refractivity (Wildman–Crippen MR) is 97.7 cm³/mol. The first-order valence-corrected chi connectivity index (χ1v) is 8.13. The summed E-state index contributed by atoms with van der Waals surface area (Å²) in [6.07, 6.45) is 6.48. The molecule has 7 nitrogen and oxygen atoms in total. The van der Waals surface area contributed by atoms with Crippen LogP contribution in [-0.2, 0) is 19.0 Å². The molecule has 0 spiro atoms. The molecule has 144 valence electrons. The van der Waals surface area contributed by atoms with Gasteiger partial charge in [0.25, 0.3) is 0 Å². The van der Waals surface area contributed by atoms with Crippen LogP contribution in [0.2, 0.25) is 0 Å². The molecule has 0 aliphatic heterocycles. The van der Waals surface area contributed by atoms with Gasteiger partial charge in [0.15, 0.2) is 18.3 Å². The lowest BCUT2D eigenvalue weighted by Crippen LogP contribution is -2.09. The summed E-state index contributed by atoms with van der Waals surface area (Å²) in [5.74, 6) is 1.08. The lowest BCUT2D eigenvalue weighted by molar-refractivity contribution is -0.137. The van der Waals surface area contributed by atoms with Crippen molar-refractivity contribution in [1.82, 2.24) is 0 Å². The number of hydrogen-bond donors (Lipinski definition) is 0. The zero-order valence-electron chi connectivity index (χ0n) is 15.7. The quantitative estimate of drug-likeness (QED) is 0.185. The van der Waals surface area contributed by atoms with Crippen molar-refractivity contribution in [2.75, 3.05) is 47.9 Å². The zero-order chi connectivity index (χ0) is 19.2. The van der Waals surface area contributed by atoms with Gasteiger partial charge >= 0.3 is 5.97 Å². The van der Waals surface area contributed by atoms with Gasteiger partial charge < -0.3 is 28.4 Å². The predicted octanol–water partition coefficient (Wildman–Crippen LogP) is 2.84. The maximum atomic E-state index is 11.2. The van der Waals surface area contributed by atoms with E-state index in [9.17, 15) is 4.79 Å². The number of allylic oxidation sites excluding steroid dienone is 2. The molecule has 0 radical (unpaired) electrons. The first kappa shape index (κ1) is 21.5. The number of rotatable bonds is 12. The van der Waals surface area contributed by atoms with E-state index in [1.165, 1.54) is 6.08 Å². The third-order valence-corrected chi connectivity index (χ3v) is 3.12. The van der Waals surface area contributed by atoms with Gasteiger partial charge in [-0.05, 0) is 24.6 Å². The summed E-state index contributed by atoms with van der Waals surface area (Å²) in [4.78, 5) is 11.2. The van der Waals surface area contributed by atoms with E-state index in [2.05, 4.69) is 0 Å². The molecule has 1 aromatic rings. The summed E-state index contributed by atoms with van der Waals surface area (Å²) in [5.41, 5.74) is 0.819. The van der Waals surface area contributed by atoms with Crippen molar-refractivity contribution in [2.45, 2.75) is 6.92 Å². The maximum absolute atomic E-state index is 11.2. The van der Waals surface area contributed by atoms with Crippen LogP contribution >= 0.6 is 0 Å². The Morgan fingerprint density at radius 1 is 1.04 bits per heavy atom. The summed E-state index contributed by atoms with van der Waals surface area (Å²) in [6, 6.07) is 3.59. The van der Waals surface area contributed by atoms with Gasteiger partial charge in [0, 0.05) is 13.2 Å². The van der Waals surface area contributed by atoms with E-state index in [1.807, 2.05) is 0 Å². The Bertz CT molecular complexity index is 583. The minimum atomic E-state index is -0.385. The molecule has 0 fully saturated rings. The van der Waals surface area contributed by atoms with E-state index in [-0.39, 0.29) is 12.8 Å². The number of benzene rings is 1. The Labute approximate surface area is 154 Å². The van der Waals surface area contributed by atoms with Crippen LogP contribution in [0.3, 0.4) is 0 Å². The second-order valence-electron chi connectivity index (χ2n) is 4.89. The van der Waals surface area contributed by atoms with Crippen LogP contribution in [0.5, 0.6) is 17.2 Å². The molecule has 0 amide bonds. The van der Waals surface area contributed by atoms with Gasteiger partial charge in [-0.2, -0.15) is 0 Å². The summed E-state index contributed by atoms with van der Waals surface area (Å²) in [7, 11) is 4.69. The summed E-state index contributed by atoms with van der Waals surface area (Å²) in [5, 5.41) is 0. The number of hydrogen-bond acceptors (Lipinski definition) is 7. The first-order valence-electron chi connectivity index (χ1n) is 8.13. The van der Waals surface area contributed by atoms with Gasteiger partial charge in [-0.25, -0.2) is 4.79 Å². The lowest BCUT2D eigenvalue weighted by atomic mass is 10.1. The Morgan fingerprint density at radius 3 is 2.31 bits per heavy atom. The highest BCUT2D eigenvalue weighted by molar-refractivity contribution is 5.82. The van der Waals surface area contributed by atoms with Crippen molar-refractivity contribution in [3.8, 4) is 17.2 Å². The Hall–Kier alpha value is -2.51. The molecule has 1 aromatic carbocycles. The van der Waals surface area contributed by atoms with Gasteiger partial charge in [0.1, 0.15) is 0 Å². The fourth-order valence-electron chi connectivity index (χ4n) is 1.93. The standard InChI is InChI=1S/C19H26O7/c1-5-25-18(20)9-7-6-8-15-12-16(22-3)19(17(13-15)23-4)26-14-24-11-10-21-2/h6-9,12-13H,5,10-11,14H2,1-4H3/b8-6+,9-7+. The Kier molecular flexibility index (Phi) is 10.6. The number of methoxy groups -OCH3 is 3. The molecule has 26 heavy (non-hydrogen) atoms. The SMILES string of the molecule is CCOC(=O)/C=C/C=C/c1cc(OC)c(OCOCCOC)c(OC)c1. The summed E-state index contributed by atoms with van der Waals surface area (Å²) < 4.78 is 31.4. The average Bonchev–Trinajstić information content (AvgIpc) is 2.65. The maximum Gasteiger partial charge on any atom is 0.330 e. The normalized spacial score (nSPS) is 11.1. The number of ether oxygens (including phenoxy) is 6. The van der Waals surface area contributed by atoms with Crippen LogP contribution in [0.25, 0.3) is 6.08 Å². The molecule has 0 heterocycles. The lowest BCUT2D eigenvalue weighted by Gasteiger charge is -2.15. The summed E-state index contributed by atoms with van der Waals surface area (Å²) in [6.45, 7) is 3.06. The third-order valence-electron chi connectivity index (χ3n) is 3.12. The highest BCUT2D eigenvalue weighted by Gasteiger charge is 2.13. The fraction of sp³-hybridized carbons (Fsp3) is 0.421. The minimum Gasteiger partial charge on any atom is -0.493 e. The van der Waals surface area contributed by atoms with E-state index in [0.29, 0.717) is 37.1 Å².